The zero-order chi connectivity index (χ0) is 24.9. The molecule has 0 saturated carbocycles. The zero-order valence-electron chi connectivity index (χ0n) is 20.2. The summed E-state index contributed by atoms with van der Waals surface area (Å²) in [6.45, 7) is 7.75. The summed E-state index contributed by atoms with van der Waals surface area (Å²) >= 11 is 0. The van der Waals surface area contributed by atoms with Crippen LogP contribution in [0.1, 0.15) is 61.7 Å². The molecule has 3 aromatic rings. The SMILES string of the molecule is Cc1nc(C2CCO[C@@H](C(C)(C)O)CC2)cc2c1N=C(c1c(F)cccc1F)Nc1c-2n[nH]c1C. The van der Waals surface area contributed by atoms with Crippen molar-refractivity contribution in [1.29, 1.82) is 0 Å². The molecule has 0 bridgehead atoms. The number of anilines is 1. The molecule has 0 radical (unpaired) electrons. The van der Waals surface area contributed by atoms with Crippen molar-refractivity contribution >= 4 is 17.2 Å². The third-order valence-corrected chi connectivity index (χ3v) is 6.82. The summed E-state index contributed by atoms with van der Waals surface area (Å²) in [6, 6.07) is 5.72. The highest BCUT2D eigenvalue weighted by atomic mass is 19.1. The molecule has 35 heavy (non-hydrogen) atoms. The number of aliphatic imine (C=N–C) groups is 1. The molecule has 1 unspecified atom stereocenters. The van der Waals surface area contributed by atoms with Crippen LogP contribution in [0.2, 0.25) is 0 Å². The number of ether oxygens (including phenoxy) is 1. The Morgan fingerprint density at radius 3 is 2.57 bits per heavy atom. The van der Waals surface area contributed by atoms with Gasteiger partial charge in [-0.2, -0.15) is 5.10 Å². The predicted molar refractivity (Wildman–Crippen MR) is 130 cm³/mol. The lowest BCUT2D eigenvalue weighted by molar-refractivity contribution is -0.0859. The maximum Gasteiger partial charge on any atom is 0.144 e. The molecule has 184 valence electrons. The molecule has 1 fully saturated rings. The van der Waals surface area contributed by atoms with Gasteiger partial charge in [0.25, 0.3) is 0 Å². The lowest BCUT2D eigenvalue weighted by Crippen LogP contribution is -2.37. The van der Waals surface area contributed by atoms with Crippen molar-refractivity contribution in [3.63, 3.8) is 0 Å². The zero-order valence-corrected chi connectivity index (χ0v) is 20.2. The van der Waals surface area contributed by atoms with Crippen molar-refractivity contribution in [2.24, 2.45) is 4.99 Å². The minimum atomic E-state index is -0.910. The average molecular weight is 482 g/mol. The van der Waals surface area contributed by atoms with E-state index in [1.54, 1.807) is 13.8 Å². The summed E-state index contributed by atoms with van der Waals surface area (Å²) in [5.74, 6) is -1.20. The largest absolute Gasteiger partial charge is 0.388 e. The number of aryl methyl sites for hydroxylation is 2. The topological polar surface area (TPSA) is 95.4 Å². The van der Waals surface area contributed by atoms with E-state index in [-0.39, 0.29) is 23.4 Å². The van der Waals surface area contributed by atoms with Gasteiger partial charge in [-0.05, 0) is 65.2 Å². The van der Waals surface area contributed by atoms with Crippen LogP contribution >= 0.6 is 0 Å². The summed E-state index contributed by atoms with van der Waals surface area (Å²) in [5.41, 5.74) is 3.63. The number of aliphatic hydroxyl groups is 1. The lowest BCUT2D eigenvalue weighted by Gasteiger charge is -2.27. The van der Waals surface area contributed by atoms with Crippen LogP contribution in [0.5, 0.6) is 0 Å². The quantitative estimate of drug-likeness (QED) is 0.472. The van der Waals surface area contributed by atoms with Gasteiger partial charge in [-0.15, -0.1) is 0 Å². The number of halogens is 2. The Labute approximate surface area is 202 Å². The van der Waals surface area contributed by atoms with Crippen molar-refractivity contribution < 1.29 is 18.6 Å². The second-order valence-electron chi connectivity index (χ2n) is 9.86. The molecule has 0 aliphatic carbocycles. The molecule has 4 heterocycles. The van der Waals surface area contributed by atoms with Gasteiger partial charge in [-0.3, -0.25) is 10.1 Å². The van der Waals surface area contributed by atoms with Gasteiger partial charge in [-0.25, -0.2) is 13.8 Å². The van der Waals surface area contributed by atoms with E-state index in [2.05, 4.69) is 20.5 Å². The molecule has 1 saturated heterocycles. The Balaban J connectivity index is 1.61. The molecule has 2 atom stereocenters. The van der Waals surface area contributed by atoms with Crippen LogP contribution in [0.4, 0.5) is 20.2 Å². The molecule has 0 amide bonds. The molecular weight excluding hydrogens is 452 g/mol. The van der Waals surface area contributed by atoms with E-state index in [1.165, 1.54) is 18.2 Å². The van der Waals surface area contributed by atoms with Gasteiger partial charge in [0, 0.05) is 23.8 Å². The number of aromatic nitrogens is 3. The van der Waals surface area contributed by atoms with Gasteiger partial charge >= 0.3 is 0 Å². The fourth-order valence-corrected chi connectivity index (χ4v) is 4.88. The van der Waals surface area contributed by atoms with Crippen molar-refractivity contribution in [1.82, 2.24) is 15.2 Å². The van der Waals surface area contributed by atoms with Crippen molar-refractivity contribution in [3.8, 4) is 11.3 Å². The number of nitrogens with zero attached hydrogens (tertiary/aromatic N) is 3. The molecule has 7 nitrogen and oxygen atoms in total. The monoisotopic (exact) mass is 481 g/mol. The van der Waals surface area contributed by atoms with Crippen LogP contribution in [0.15, 0.2) is 29.3 Å². The first kappa shape index (κ1) is 23.6. The van der Waals surface area contributed by atoms with Gasteiger partial charge in [0.15, 0.2) is 0 Å². The minimum Gasteiger partial charge on any atom is -0.388 e. The highest BCUT2D eigenvalue weighted by Crippen LogP contribution is 2.42. The Kier molecular flexibility index (Phi) is 5.93. The number of aromatic amines is 1. The molecule has 5 rings (SSSR count). The van der Waals surface area contributed by atoms with E-state index >= 15 is 0 Å². The summed E-state index contributed by atoms with van der Waals surface area (Å²) in [5, 5.41) is 21.0. The number of nitrogens with one attached hydrogen (secondary N) is 2. The number of fused-ring (bicyclic) bond motifs is 3. The molecule has 1 aromatic carbocycles. The van der Waals surface area contributed by atoms with Crippen LogP contribution in [0.3, 0.4) is 0 Å². The highest BCUT2D eigenvalue weighted by Gasteiger charge is 2.32. The molecule has 2 aliphatic rings. The van der Waals surface area contributed by atoms with Gasteiger partial charge in [0.1, 0.15) is 23.2 Å². The molecule has 3 N–H and O–H groups in total. The molecule has 9 heteroatoms. The minimum absolute atomic E-state index is 0.0682. The van der Waals surface area contributed by atoms with E-state index in [0.717, 1.165) is 36.2 Å². The maximum absolute atomic E-state index is 14.7. The number of benzene rings is 1. The van der Waals surface area contributed by atoms with Crippen LogP contribution in [-0.2, 0) is 4.74 Å². The third-order valence-electron chi connectivity index (χ3n) is 6.82. The smallest absolute Gasteiger partial charge is 0.144 e. The Morgan fingerprint density at radius 1 is 1.11 bits per heavy atom. The number of hydrogen-bond donors (Lipinski definition) is 3. The van der Waals surface area contributed by atoms with E-state index in [0.29, 0.717) is 29.4 Å². The highest BCUT2D eigenvalue weighted by molar-refractivity contribution is 6.13. The van der Waals surface area contributed by atoms with Crippen LogP contribution in [0.25, 0.3) is 11.3 Å². The Hall–Kier alpha value is -3.17. The van der Waals surface area contributed by atoms with Gasteiger partial charge in [0.2, 0.25) is 0 Å². The standard InChI is InChI=1S/C26H29F2N5O2/c1-13-22-16(12-19(29-13)15-8-9-20(26(3,4)34)35-11-10-15)24-23(14(2)32-33-24)31-25(30-22)21-17(27)6-5-7-18(21)28/h5-7,12,15,20,34H,8-11H2,1-4H3,(H,30,31)(H,32,33)/t15?,20-/m1/s1. The normalized spacial score (nSPS) is 20.3. The summed E-state index contributed by atoms with van der Waals surface area (Å²) in [7, 11) is 0. The van der Waals surface area contributed by atoms with E-state index < -0.39 is 17.2 Å². The number of hydrogen-bond acceptors (Lipinski definition) is 6. The molecule has 2 aliphatic heterocycles. The summed E-state index contributed by atoms with van der Waals surface area (Å²) in [6.07, 6.45) is 2.08. The fourth-order valence-electron chi connectivity index (χ4n) is 4.88. The van der Waals surface area contributed by atoms with Crippen LogP contribution in [0, 0.1) is 25.5 Å². The second-order valence-corrected chi connectivity index (χ2v) is 9.86. The van der Waals surface area contributed by atoms with E-state index in [9.17, 15) is 13.9 Å². The predicted octanol–water partition coefficient (Wildman–Crippen LogP) is 5.29. The average Bonchev–Trinajstić information content (AvgIpc) is 2.96. The molecular formula is C26H29F2N5O2. The lowest BCUT2D eigenvalue weighted by atomic mass is 9.90. The number of pyridine rings is 1. The maximum atomic E-state index is 14.7. The fraction of sp³-hybridized carbons (Fsp3) is 0.423. The first-order valence-corrected chi connectivity index (χ1v) is 11.8. The Bertz CT molecular complexity index is 1290. The van der Waals surface area contributed by atoms with Crippen LogP contribution in [-0.4, -0.2) is 44.4 Å². The second kappa shape index (κ2) is 8.80. The van der Waals surface area contributed by atoms with Crippen molar-refractivity contribution in [3.05, 3.63) is 58.5 Å². The summed E-state index contributed by atoms with van der Waals surface area (Å²) in [4.78, 5) is 9.51. The number of rotatable bonds is 3. The van der Waals surface area contributed by atoms with Gasteiger partial charge in [0.05, 0.1) is 40.0 Å². The van der Waals surface area contributed by atoms with E-state index in [4.69, 9.17) is 9.72 Å². The molecule has 2 aromatic heterocycles. The Morgan fingerprint density at radius 2 is 1.86 bits per heavy atom. The van der Waals surface area contributed by atoms with Crippen molar-refractivity contribution in [2.75, 3.05) is 11.9 Å². The molecule has 0 spiro atoms. The van der Waals surface area contributed by atoms with Gasteiger partial charge in [-0.1, -0.05) is 6.07 Å². The first-order chi connectivity index (χ1) is 16.6. The summed E-state index contributed by atoms with van der Waals surface area (Å²) < 4.78 is 35.3. The van der Waals surface area contributed by atoms with Gasteiger partial charge < -0.3 is 15.2 Å². The van der Waals surface area contributed by atoms with Crippen LogP contribution < -0.4 is 5.32 Å². The third kappa shape index (κ3) is 4.34. The van der Waals surface area contributed by atoms with E-state index in [1.807, 2.05) is 19.9 Å². The van der Waals surface area contributed by atoms with Crippen molar-refractivity contribution in [2.45, 2.75) is 64.6 Å². The first-order valence-electron chi connectivity index (χ1n) is 11.8. The number of amidine groups is 1. The number of H-pyrrole nitrogens is 1.